The Bertz CT molecular complexity index is 1070. The number of benzene rings is 3. The Labute approximate surface area is 187 Å². The number of amides is 1. The zero-order valence-corrected chi connectivity index (χ0v) is 18.6. The molecule has 0 bridgehead atoms. The summed E-state index contributed by atoms with van der Waals surface area (Å²) in [6.07, 6.45) is 0.926. The summed E-state index contributed by atoms with van der Waals surface area (Å²) in [6.45, 7) is 4.25. The van der Waals surface area contributed by atoms with Gasteiger partial charge in [-0.2, -0.15) is 0 Å². The van der Waals surface area contributed by atoms with Gasteiger partial charge in [0.25, 0.3) is 0 Å². The molecule has 2 atom stereocenters. The third-order valence-electron chi connectivity index (χ3n) is 5.59. The molecule has 3 nitrogen and oxygen atoms in total. The molecule has 4 aromatic rings. The number of hydrogen-bond acceptors (Lipinski definition) is 3. The van der Waals surface area contributed by atoms with Crippen molar-refractivity contribution in [2.24, 2.45) is 5.92 Å². The number of anilines is 1. The monoisotopic (exact) mass is 426 g/mol. The summed E-state index contributed by atoms with van der Waals surface area (Å²) in [5.41, 5.74) is 4.07. The second-order valence-electron chi connectivity index (χ2n) is 7.69. The highest BCUT2D eigenvalue weighted by atomic mass is 32.1. The fourth-order valence-corrected chi connectivity index (χ4v) is 4.76. The third kappa shape index (κ3) is 4.75. The summed E-state index contributed by atoms with van der Waals surface area (Å²) >= 11 is 1.52. The average molecular weight is 427 g/mol. The van der Waals surface area contributed by atoms with Crippen LogP contribution in [-0.2, 0) is 4.79 Å². The lowest BCUT2D eigenvalue weighted by Crippen LogP contribution is -2.26. The number of thiazole rings is 1. The van der Waals surface area contributed by atoms with E-state index in [1.165, 1.54) is 11.3 Å². The topological polar surface area (TPSA) is 42.0 Å². The van der Waals surface area contributed by atoms with E-state index in [0.717, 1.165) is 33.7 Å². The Hall–Kier alpha value is -3.24. The van der Waals surface area contributed by atoms with E-state index in [0.29, 0.717) is 5.13 Å². The van der Waals surface area contributed by atoms with Crippen molar-refractivity contribution in [2.45, 2.75) is 26.2 Å². The molecular weight excluding hydrogens is 400 g/mol. The van der Waals surface area contributed by atoms with Gasteiger partial charge in [0, 0.05) is 5.56 Å². The summed E-state index contributed by atoms with van der Waals surface area (Å²) in [5, 5.41) is 3.76. The second kappa shape index (κ2) is 9.71. The zero-order valence-electron chi connectivity index (χ0n) is 17.8. The molecule has 0 fully saturated rings. The first-order valence-electron chi connectivity index (χ1n) is 10.6. The Balaban J connectivity index is 1.70. The number of rotatable bonds is 7. The predicted octanol–water partition coefficient (Wildman–Crippen LogP) is 7.25. The number of carbonyl (C=O) groups is 1. The van der Waals surface area contributed by atoms with Crippen LogP contribution in [0.5, 0.6) is 0 Å². The van der Waals surface area contributed by atoms with Crippen LogP contribution in [0.4, 0.5) is 5.13 Å². The van der Waals surface area contributed by atoms with Gasteiger partial charge in [0.1, 0.15) is 0 Å². The van der Waals surface area contributed by atoms with Gasteiger partial charge in [-0.05, 0) is 17.0 Å². The molecule has 0 spiro atoms. The summed E-state index contributed by atoms with van der Waals surface area (Å²) in [7, 11) is 0. The number of nitrogens with one attached hydrogen (secondary N) is 1. The van der Waals surface area contributed by atoms with Crippen LogP contribution in [0.3, 0.4) is 0 Å². The molecule has 2 unspecified atom stereocenters. The maximum absolute atomic E-state index is 13.4. The minimum atomic E-state index is -0.213. The molecule has 1 heterocycles. The van der Waals surface area contributed by atoms with Gasteiger partial charge in [-0.1, -0.05) is 123 Å². The minimum absolute atomic E-state index is 0.00600. The summed E-state index contributed by atoms with van der Waals surface area (Å²) < 4.78 is 0. The first kappa shape index (κ1) is 21.0. The molecule has 156 valence electrons. The predicted molar refractivity (Wildman–Crippen MR) is 130 cm³/mol. The van der Waals surface area contributed by atoms with Gasteiger partial charge in [0.05, 0.1) is 16.5 Å². The van der Waals surface area contributed by atoms with Crippen LogP contribution >= 0.6 is 11.3 Å². The molecule has 4 heteroatoms. The average Bonchev–Trinajstić information content (AvgIpc) is 3.24. The van der Waals surface area contributed by atoms with Gasteiger partial charge in [-0.15, -0.1) is 0 Å². The molecule has 1 N–H and O–H groups in total. The summed E-state index contributed by atoms with van der Waals surface area (Å²) in [5.74, 6) is 0.00789. The van der Waals surface area contributed by atoms with E-state index < -0.39 is 0 Å². The Morgan fingerprint density at radius 3 is 2.00 bits per heavy atom. The van der Waals surface area contributed by atoms with Gasteiger partial charge in [0.2, 0.25) is 5.91 Å². The lowest BCUT2D eigenvalue weighted by molar-refractivity contribution is -0.118. The van der Waals surface area contributed by atoms with Crippen LogP contribution < -0.4 is 5.32 Å². The second-order valence-corrected chi connectivity index (χ2v) is 8.69. The van der Waals surface area contributed by atoms with E-state index in [1.807, 2.05) is 66.7 Å². The molecule has 0 saturated heterocycles. The molecule has 0 aliphatic rings. The van der Waals surface area contributed by atoms with Crippen LogP contribution in [0, 0.1) is 5.92 Å². The molecule has 1 aromatic heterocycles. The third-order valence-corrected chi connectivity index (χ3v) is 6.61. The van der Waals surface area contributed by atoms with E-state index in [1.54, 1.807) is 0 Å². The molecule has 0 radical (unpaired) electrons. The Morgan fingerprint density at radius 2 is 1.42 bits per heavy atom. The first-order chi connectivity index (χ1) is 15.2. The number of hydrogen-bond donors (Lipinski definition) is 1. The lowest BCUT2D eigenvalue weighted by atomic mass is 9.85. The van der Waals surface area contributed by atoms with Gasteiger partial charge in [-0.3, -0.25) is 4.79 Å². The fraction of sp³-hybridized carbons (Fsp3) is 0.185. The molecule has 31 heavy (non-hydrogen) atoms. The standard InChI is InChI=1S/C27H26N2OS/c1-3-19(2)23(20-13-7-4-8-14-20)26(30)29-27-28-24(21-15-9-5-10-16-21)25(31-27)22-17-11-6-12-18-22/h4-19,23H,3H2,1-2H3,(H,28,29,30). The van der Waals surface area contributed by atoms with Gasteiger partial charge in [-0.25, -0.2) is 4.98 Å². The van der Waals surface area contributed by atoms with E-state index >= 15 is 0 Å². The molecule has 1 amide bonds. The normalized spacial score (nSPS) is 12.8. The highest BCUT2D eigenvalue weighted by molar-refractivity contribution is 7.19. The zero-order chi connectivity index (χ0) is 21.6. The van der Waals surface area contributed by atoms with Crippen molar-refractivity contribution in [3.05, 3.63) is 96.6 Å². The van der Waals surface area contributed by atoms with Crippen molar-refractivity contribution in [1.29, 1.82) is 0 Å². The highest BCUT2D eigenvalue weighted by Gasteiger charge is 2.27. The van der Waals surface area contributed by atoms with Gasteiger partial charge in [0.15, 0.2) is 5.13 Å². The SMILES string of the molecule is CCC(C)C(C(=O)Nc1nc(-c2ccccc2)c(-c2ccccc2)s1)c1ccccc1. The quantitative estimate of drug-likeness (QED) is 0.338. The number of aromatic nitrogens is 1. The smallest absolute Gasteiger partial charge is 0.233 e. The molecule has 3 aromatic carbocycles. The van der Waals surface area contributed by atoms with Crippen LogP contribution in [0.2, 0.25) is 0 Å². The molecule has 4 rings (SSSR count). The van der Waals surface area contributed by atoms with Crippen molar-refractivity contribution in [1.82, 2.24) is 4.98 Å². The van der Waals surface area contributed by atoms with E-state index in [4.69, 9.17) is 4.98 Å². The minimum Gasteiger partial charge on any atom is -0.301 e. The largest absolute Gasteiger partial charge is 0.301 e. The Morgan fingerprint density at radius 1 is 0.871 bits per heavy atom. The summed E-state index contributed by atoms with van der Waals surface area (Å²) in [4.78, 5) is 19.3. The van der Waals surface area contributed by atoms with Crippen LogP contribution in [0.25, 0.3) is 21.7 Å². The van der Waals surface area contributed by atoms with E-state index in [-0.39, 0.29) is 17.7 Å². The van der Waals surface area contributed by atoms with Crippen molar-refractivity contribution >= 4 is 22.4 Å². The molecular formula is C27H26N2OS. The molecule has 0 aliphatic heterocycles. The fourth-order valence-electron chi connectivity index (χ4n) is 3.77. The van der Waals surface area contributed by atoms with Crippen molar-refractivity contribution in [3.8, 4) is 21.7 Å². The van der Waals surface area contributed by atoms with Crippen molar-refractivity contribution in [2.75, 3.05) is 5.32 Å². The van der Waals surface area contributed by atoms with E-state index in [9.17, 15) is 4.79 Å². The number of nitrogens with zero attached hydrogens (tertiary/aromatic N) is 1. The molecule has 0 saturated carbocycles. The van der Waals surface area contributed by atoms with Crippen LogP contribution in [0.1, 0.15) is 31.7 Å². The van der Waals surface area contributed by atoms with Gasteiger partial charge < -0.3 is 5.32 Å². The van der Waals surface area contributed by atoms with Crippen molar-refractivity contribution in [3.63, 3.8) is 0 Å². The highest BCUT2D eigenvalue weighted by Crippen LogP contribution is 2.39. The lowest BCUT2D eigenvalue weighted by Gasteiger charge is -2.22. The summed E-state index contributed by atoms with van der Waals surface area (Å²) in [6, 6.07) is 30.4. The van der Waals surface area contributed by atoms with Crippen molar-refractivity contribution < 1.29 is 4.79 Å². The van der Waals surface area contributed by atoms with E-state index in [2.05, 4.69) is 43.4 Å². The van der Waals surface area contributed by atoms with Crippen LogP contribution in [0.15, 0.2) is 91.0 Å². The maximum atomic E-state index is 13.4. The van der Waals surface area contributed by atoms with Crippen LogP contribution in [-0.4, -0.2) is 10.9 Å². The first-order valence-corrected chi connectivity index (χ1v) is 11.5. The molecule has 0 aliphatic carbocycles. The maximum Gasteiger partial charge on any atom is 0.233 e. The van der Waals surface area contributed by atoms with Gasteiger partial charge >= 0.3 is 0 Å². The Kier molecular flexibility index (Phi) is 6.58. The number of carbonyl (C=O) groups excluding carboxylic acids is 1.